The Balaban J connectivity index is 2.10. The summed E-state index contributed by atoms with van der Waals surface area (Å²) in [5.74, 6) is -0.373. The van der Waals surface area contributed by atoms with E-state index in [2.05, 4.69) is 5.32 Å². The summed E-state index contributed by atoms with van der Waals surface area (Å²) in [6, 6.07) is 16.9. The van der Waals surface area contributed by atoms with Gasteiger partial charge in [0.15, 0.2) is 0 Å². The van der Waals surface area contributed by atoms with Gasteiger partial charge < -0.3 is 15.0 Å². The number of amides is 2. The molecule has 0 bridgehead atoms. The van der Waals surface area contributed by atoms with Crippen LogP contribution in [0, 0.1) is 6.92 Å². The zero-order valence-electron chi connectivity index (χ0n) is 25.1. The number of benzene rings is 3. The highest BCUT2D eigenvalue weighted by Gasteiger charge is 2.34. The van der Waals surface area contributed by atoms with Crippen LogP contribution in [0.1, 0.15) is 51.7 Å². The molecule has 0 aliphatic heterocycles. The molecule has 0 saturated carbocycles. The molecule has 8 nitrogen and oxygen atoms in total. The first kappa shape index (κ1) is 34.2. The standard InChI is InChI=1S/C32H39Cl2N3O5S/c1-6-23(5)35-32(39)30(7-2)36(20-27-28(33)10-9-11-29(27)34)31(38)21-37(24-14-16-25(17-15-24)42-8-3)43(40,41)26-18-12-22(4)13-19-26/h9-19,23,30H,6-8,20-21H2,1-5H3,(H,35,39)/t23-,30+/m0/s1. The van der Waals surface area contributed by atoms with Crippen molar-refractivity contribution in [3.63, 3.8) is 0 Å². The number of nitrogens with zero attached hydrogens (tertiary/aromatic N) is 2. The van der Waals surface area contributed by atoms with E-state index >= 15 is 0 Å². The van der Waals surface area contributed by atoms with E-state index in [4.69, 9.17) is 27.9 Å². The summed E-state index contributed by atoms with van der Waals surface area (Å²) in [5, 5.41) is 3.61. The predicted molar refractivity (Wildman–Crippen MR) is 172 cm³/mol. The van der Waals surface area contributed by atoms with Crippen LogP contribution in [0.4, 0.5) is 5.69 Å². The zero-order chi connectivity index (χ0) is 31.7. The first-order valence-electron chi connectivity index (χ1n) is 14.3. The molecule has 0 saturated heterocycles. The lowest BCUT2D eigenvalue weighted by Gasteiger charge is -2.34. The number of nitrogens with one attached hydrogen (secondary N) is 1. The van der Waals surface area contributed by atoms with Gasteiger partial charge in [0.25, 0.3) is 10.0 Å². The maximum absolute atomic E-state index is 14.2. The molecule has 3 aromatic rings. The van der Waals surface area contributed by atoms with Gasteiger partial charge in [-0.15, -0.1) is 0 Å². The Morgan fingerprint density at radius 3 is 2.05 bits per heavy atom. The molecule has 3 aromatic carbocycles. The molecular formula is C32H39Cl2N3O5S. The maximum atomic E-state index is 14.2. The minimum absolute atomic E-state index is 0.0297. The molecule has 232 valence electrons. The Morgan fingerprint density at radius 1 is 0.907 bits per heavy atom. The van der Waals surface area contributed by atoms with E-state index in [1.807, 2.05) is 27.7 Å². The van der Waals surface area contributed by atoms with E-state index in [9.17, 15) is 18.0 Å². The molecule has 0 fully saturated rings. The second-order valence-electron chi connectivity index (χ2n) is 10.2. The molecule has 0 aromatic heterocycles. The van der Waals surface area contributed by atoms with Crippen molar-refractivity contribution in [1.29, 1.82) is 0 Å². The third kappa shape index (κ3) is 8.65. The first-order chi connectivity index (χ1) is 20.4. The average molecular weight is 649 g/mol. The van der Waals surface area contributed by atoms with E-state index in [0.717, 1.165) is 9.87 Å². The van der Waals surface area contributed by atoms with Crippen LogP contribution in [-0.2, 0) is 26.2 Å². The molecule has 43 heavy (non-hydrogen) atoms. The SMILES string of the molecule is CCOc1ccc(N(CC(=O)N(Cc2c(Cl)cccc2Cl)[C@H](CC)C(=O)N[C@@H](C)CC)S(=O)(=O)c2ccc(C)cc2)cc1. The zero-order valence-corrected chi connectivity index (χ0v) is 27.5. The molecule has 1 N–H and O–H groups in total. The molecule has 0 unspecified atom stereocenters. The molecule has 3 rings (SSSR count). The lowest BCUT2D eigenvalue weighted by Crippen LogP contribution is -2.53. The van der Waals surface area contributed by atoms with Gasteiger partial charge >= 0.3 is 0 Å². The van der Waals surface area contributed by atoms with Crippen molar-refractivity contribution in [3.8, 4) is 5.75 Å². The largest absolute Gasteiger partial charge is 0.494 e. The predicted octanol–water partition coefficient (Wildman–Crippen LogP) is 6.62. The summed E-state index contributed by atoms with van der Waals surface area (Å²) in [6.07, 6.45) is 0.983. The summed E-state index contributed by atoms with van der Waals surface area (Å²) in [4.78, 5) is 29.1. The molecule has 0 heterocycles. The van der Waals surface area contributed by atoms with Gasteiger partial charge in [-0.2, -0.15) is 0 Å². The Labute approximate surface area is 265 Å². The number of aryl methyl sites for hydroxylation is 1. The molecule has 0 spiro atoms. The molecule has 0 radical (unpaired) electrons. The highest BCUT2D eigenvalue weighted by Crippen LogP contribution is 2.29. The van der Waals surface area contributed by atoms with E-state index in [1.165, 1.54) is 17.0 Å². The van der Waals surface area contributed by atoms with E-state index in [-0.39, 0.29) is 35.5 Å². The number of sulfonamides is 1. The smallest absolute Gasteiger partial charge is 0.264 e. The van der Waals surface area contributed by atoms with Crippen LogP contribution in [0.15, 0.2) is 71.6 Å². The second kappa shape index (κ2) is 15.5. The van der Waals surface area contributed by atoms with Crippen LogP contribution < -0.4 is 14.4 Å². The van der Waals surface area contributed by atoms with Crippen molar-refractivity contribution >= 4 is 50.7 Å². The highest BCUT2D eigenvalue weighted by molar-refractivity contribution is 7.92. The fourth-order valence-electron chi connectivity index (χ4n) is 4.46. The second-order valence-corrected chi connectivity index (χ2v) is 12.9. The van der Waals surface area contributed by atoms with Crippen molar-refractivity contribution in [1.82, 2.24) is 10.2 Å². The van der Waals surface area contributed by atoms with Crippen LogP contribution in [0.25, 0.3) is 0 Å². The lowest BCUT2D eigenvalue weighted by molar-refractivity contribution is -0.140. The Kier molecular flexibility index (Phi) is 12.3. The molecular weight excluding hydrogens is 609 g/mol. The summed E-state index contributed by atoms with van der Waals surface area (Å²) in [6.45, 7) is 9.11. The fraction of sp³-hybridized carbons (Fsp3) is 0.375. The summed E-state index contributed by atoms with van der Waals surface area (Å²) in [5.41, 5.74) is 1.62. The van der Waals surface area contributed by atoms with Gasteiger partial charge in [-0.1, -0.05) is 60.8 Å². The van der Waals surface area contributed by atoms with Gasteiger partial charge in [-0.05, 0) is 82.1 Å². The number of anilines is 1. The van der Waals surface area contributed by atoms with Crippen molar-refractivity contribution in [2.24, 2.45) is 0 Å². The summed E-state index contributed by atoms with van der Waals surface area (Å²) >= 11 is 13.0. The van der Waals surface area contributed by atoms with Crippen LogP contribution in [0.3, 0.4) is 0 Å². The van der Waals surface area contributed by atoms with Gasteiger partial charge in [0, 0.05) is 28.2 Å². The number of carbonyl (C=O) groups is 2. The highest BCUT2D eigenvalue weighted by atomic mass is 35.5. The van der Waals surface area contributed by atoms with Gasteiger partial charge in [0.2, 0.25) is 11.8 Å². The normalized spacial score (nSPS) is 12.7. The van der Waals surface area contributed by atoms with Gasteiger partial charge in [-0.3, -0.25) is 13.9 Å². The summed E-state index contributed by atoms with van der Waals surface area (Å²) in [7, 11) is -4.20. The Bertz CT molecular complexity index is 1480. The van der Waals surface area contributed by atoms with Crippen molar-refractivity contribution in [2.45, 2.75) is 71.0 Å². The van der Waals surface area contributed by atoms with Crippen molar-refractivity contribution in [2.75, 3.05) is 17.5 Å². The van der Waals surface area contributed by atoms with E-state index < -0.39 is 28.5 Å². The maximum Gasteiger partial charge on any atom is 0.264 e. The number of hydrogen-bond donors (Lipinski definition) is 1. The first-order valence-corrected chi connectivity index (χ1v) is 16.5. The number of ether oxygens (including phenoxy) is 1. The molecule has 0 aliphatic rings. The van der Waals surface area contributed by atoms with Gasteiger partial charge in [0.1, 0.15) is 18.3 Å². The monoisotopic (exact) mass is 647 g/mol. The third-order valence-electron chi connectivity index (χ3n) is 7.10. The van der Waals surface area contributed by atoms with Gasteiger partial charge in [-0.25, -0.2) is 8.42 Å². The van der Waals surface area contributed by atoms with Crippen LogP contribution in [-0.4, -0.2) is 50.4 Å². The van der Waals surface area contributed by atoms with Crippen molar-refractivity contribution in [3.05, 3.63) is 87.9 Å². The third-order valence-corrected chi connectivity index (χ3v) is 9.60. The molecule has 11 heteroatoms. The number of rotatable bonds is 14. The number of hydrogen-bond acceptors (Lipinski definition) is 5. The Hall–Kier alpha value is -3.27. The lowest BCUT2D eigenvalue weighted by atomic mass is 10.1. The molecule has 0 aliphatic carbocycles. The van der Waals surface area contributed by atoms with Crippen LogP contribution in [0.2, 0.25) is 10.0 Å². The quantitative estimate of drug-likeness (QED) is 0.212. The van der Waals surface area contributed by atoms with E-state index in [1.54, 1.807) is 61.5 Å². The molecule has 2 amide bonds. The van der Waals surface area contributed by atoms with Crippen LogP contribution in [0.5, 0.6) is 5.75 Å². The molecule has 2 atom stereocenters. The Morgan fingerprint density at radius 2 is 1.51 bits per heavy atom. The minimum Gasteiger partial charge on any atom is -0.494 e. The minimum atomic E-state index is -4.20. The average Bonchev–Trinajstić information content (AvgIpc) is 2.97. The van der Waals surface area contributed by atoms with Gasteiger partial charge in [0.05, 0.1) is 17.2 Å². The fourth-order valence-corrected chi connectivity index (χ4v) is 6.39. The van der Waals surface area contributed by atoms with Crippen molar-refractivity contribution < 1.29 is 22.7 Å². The van der Waals surface area contributed by atoms with Crippen LogP contribution >= 0.6 is 23.2 Å². The summed E-state index contributed by atoms with van der Waals surface area (Å²) < 4.78 is 34.7. The number of halogens is 2. The topological polar surface area (TPSA) is 96.0 Å². The number of carbonyl (C=O) groups excluding carboxylic acids is 2. The van der Waals surface area contributed by atoms with E-state index in [0.29, 0.717) is 34.4 Å².